The molecule has 2 N–H and O–H groups in total. The molecule has 4 nitrogen and oxygen atoms in total. The minimum Gasteiger partial charge on any atom is -0.373 e. The van der Waals surface area contributed by atoms with Crippen LogP contribution in [0.15, 0.2) is 30.6 Å². The Morgan fingerprint density at radius 1 is 0.947 bits per heavy atom. The summed E-state index contributed by atoms with van der Waals surface area (Å²) in [6.45, 7) is 0. The Morgan fingerprint density at radius 3 is 2.58 bits per heavy atom. The number of aromatic nitrogens is 2. The molecule has 1 heterocycles. The van der Waals surface area contributed by atoms with Crippen molar-refractivity contribution in [2.24, 2.45) is 0 Å². The molecule has 3 rings (SSSR count). The molecule has 0 saturated heterocycles. The second-order valence-electron chi connectivity index (χ2n) is 4.85. The summed E-state index contributed by atoms with van der Waals surface area (Å²) in [5.74, 6) is 1.63. The normalized spacial score (nSPS) is 13.7. The van der Waals surface area contributed by atoms with Crippen LogP contribution in [0.4, 0.5) is 17.3 Å². The fourth-order valence-corrected chi connectivity index (χ4v) is 2.52. The van der Waals surface area contributed by atoms with Crippen molar-refractivity contribution in [1.29, 1.82) is 0 Å². The summed E-state index contributed by atoms with van der Waals surface area (Å²) < 4.78 is 0. The maximum atomic E-state index is 4.23. The molecule has 0 atom stereocenters. The number of fused-ring (bicyclic) bond motifs is 1. The summed E-state index contributed by atoms with van der Waals surface area (Å²) in [5, 5.41) is 6.35. The van der Waals surface area contributed by atoms with Crippen molar-refractivity contribution < 1.29 is 0 Å². The van der Waals surface area contributed by atoms with E-state index in [0.717, 1.165) is 17.3 Å². The number of anilines is 3. The summed E-state index contributed by atoms with van der Waals surface area (Å²) >= 11 is 0. The zero-order chi connectivity index (χ0) is 13.1. The van der Waals surface area contributed by atoms with Gasteiger partial charge in [-0.05, 0) is 48.9 Å². The maximum Gasteiger partial charge on any atom is 0.135 e. The van der Waals surface area contributed by atoms with Crippen LogP contribution >= 0.6 is 0 Å². The van der Waals surface area contributed by atoms with Crippen LogP contribution in [0.3, 0.4) is 0 Å². The van der Waals surface area contributed by atoms with Gasteiger partial charge in [0.1, 0.15) is 18.0 Å². The third kappa shape index (κ3) is 2.67. The fourth-order valence-electron chi connectivity index (χ4n) is 2.52. The molecule has 1 aliphatic carbocycles. The molecule has 0 unspecified atom stereocenters. The molecule has 0 aliphatic heterocycles. The van der Waals surface area contributed by atoms with Crippen LogP contribution in [0.2, 0.25) is 0 Å². The van der Waals surface area contributed by atoms with Crippen molar-refractivity contribution in [3.8, 4) is 0 Å². The van der Waals surface area contributed by atoms with Gasteiger partial charge in [-0.1, -0.05) is 6.07 Å². The molecule has 1 aliphatic rings. The molecule has 0 bridgehead atoms. The third-order valence-corrected chi connectivity index (χ3v) is 3.54. The first-order valence-corrected chi connectivity index (χ1v) is 6.74. The molecule has 2 aromatic rings. The predicted molar refractivity (Wildman–Crippen MR) is 77.9 cm³/mol. The fraction of sp³-hybridized carbons (Fsp3) is 0.333. The van der Waals surface area contributed by atoms with Gasteiger partial charge in [0.25, 0.3) is 0 Å². The van der Waals surface area contributed by atoms with Gasteiger partial charge in [0.2, 0.25) is 0 Å². The largest absolute Gasteiger partial charge is 0.373 e. The van der Waals surface area contributed by atoms with Gasteiger partial charge in [-0.25, -0.2) is 9.97 Å². The van der Waals surface area contributed by atoms with Gasteiger partial charge in [-0.3, -0.25) is 0 Å². The lowest BCUT2D eigenvalue weighted by molar-refractivity contribution is 0.686. The quantitative estimate of drug-likeness (QED) is 0.883. The Hall–Kier alpha value is -2.10. The van der Waals surface area contributed by atoms with E-state index in [2.05, 4.69) is 38.8 Å². The summed E-state index contributed by atoms with van der Waals surface area (Å²) in [5.41, 5.74) is 4.07. The van der Waals surface area contributed by atoms with Gasteiger partial charge < -0.3 is 10.6 Å². The molecule has 4 heteroatoms. The summed E-state index contributed by atoms with van der Waals surface area (Å²) in [6, 6.07) is 8.51. The SMILES string of the molecule is CNc1cc(Nc2ccc3c(c2)CCCC3)ncn1. The van der Waals surface area contributed by atoms with Gasteiger partial charge in [0.05, 0.1) is 0 Å². The van der Waals surface area contributed by atoms with E-state index in [1.54, 1.807) is 6.33 Å². The van der Waals surface area contributed by atoms with Crippen molar-refractivity contribution in [2.75, 3.05) is 17.7 Å². The Morgan fingerprint density at radius 2 is 1.74 bits per heavy atom. The van der Waals surface area contributed by atoms with Crippen molar-refractivity contribution in [2.45, 2.75) is 25.7 Å². The van der Waals surface area contributed by atoms with Gasteiger partial charge in [0.15, 0.2) is 0 Å². The van der Waals surface area contributed by atoms with Crippen LogP contribution in [0.1, 0.15) is 24.0 Å². The van der Waals surface area contributed by atoms with Crippen LogP contribution in [-0.2, 0) is 12.8 Å². The number of hydrogen-bond donors (Lipinski definition) is 2. The van der Waals surface area contributed by atoms with Crippen molar-refractivity contribution in [3.05, 3.63) is 41.7 Å². The number of nitrogens with zero attached hydrogens (tertiary/aromatic N) is 2. The molecule has 0 fully saturated rings. The maximum absolute atomic E-state index is 4.23. The van der Waals surface area contributed by atoms with E-state index in [1.165, 1.54) is 36.8 Å². The molecule has 1 aromatic heterocycles. The average Bonchev–Trinajstić information content (AvgIpc) is 2.47. The molecular formula is C15H18N4. The lowest BCUT2D eigenvalue weighted by Crippen LogP contribution is -2.04. The molecule has 19 heavy (non-hydrogen) atoms. The Labute approximate surface area is 113 Å². The van der Waals surface area contributed by atoms with Gasteiger partial charge in [-0.2, -0.15) is 0 Å². The highest BCUT2D eigenvalue weighted by molar-refractivity contribution is 5.60. The number of benzene rings is 1. The molecule has 0 spiro atoms. The van der Waals surface area contributed by atoms with Crippen molar-refractivity contribution in [1.82, 2.24) is 9.97 Å². The van der Waals surface area contributed by atoms with Crippen molar-refractivity contribution in [3.63, 3.8) is 0 Å². The summed E-state index contributed by atoms with van der Waals surface area (Å²) in [7, 11) is 1.85. The van der Waals surface area contributed by atoms with Crippen LogP contribution < -0.4 is 10.6 Å². The first-order valence-electron chi connectivity index (χ1n) is 6.74. The highest BCUT2D eigenvalue weighted by Crippen LogP contribution is 2.25. The van der Waals surface area contributed by atoms with E-state index in [-0.39, 0.29) is 0 Å². The molecular weight excluding hydrogens is 236 g/mol. The molecule has 1 aromatic carbocycles. The molecule has 0 radical (unpaired) electrons. The first kappa shape index (κ1) is 12.0. The van der Waals surface area contributed by atoms with E-state index in [1.807, 2.05) is 13.1 Å². The third-order valence-electron chi connectivity index (χ3n) is 3.54. The summed E-state index contributed by atoms with van der Waals surface area (Å²) in [6.07, 6.45) is 6.58. The number of hydrogen-bond acceptors (Lipinski definition) is 4. The van der Waals surface area contributed by atoms with Crippen LogP contribution in [0.5, 0.6) is 0 Å². The van der Waals surface area contributed by atoms with Gasteiger partial charge in [-0.15, -0.1) is 0 Å². The van der Waals surface area contributed by atoms with E-state index in [0.29, 0.717) is 0 Å². The monoisotopic (exact) mass is 254 g/mol. The van der Waals surface area contributed by atoms with E-state index in [4.69, 9.17) is 0 Å². The van der Waals surface area contributed by atoms with Crippen LogP contribution in [-0.4, -0.2) is 17.0 Å². The summed E-state index contributed by atoms with van der Waals surface area (Å²) in [4.78, 5) is 8.34. The van der Waals surface area contributed by atoms with Gasteiger partial charge in [0, 0.05) is 18.8 Å². The van der Waals surface area contributed by atoms with Crippen LogP contribution in [0.25, 0.3) is 0 Å². The Balaban J connectivity index is 1.82. The zero-order valence-corrected chi connectivity index (χ0v) is 11.1. The minimum absolute atomic E-state index is 0.815. The van der Waals surface area contributed by atoms with Crippen molar-refractivity contribution >= 4 is 17.3 Å². The standard InChI is InChI=1S/C15H18N4/c1-16-14-9-15(18-10-17-14)19-13-7-6-11-4-2-3-5-12(11)8-13/h6-10H,2-5H2,1H3,(H2,16,17,18,19). The Bertz CT molecular complexity index is 580. The second-order valence-corrected chi connectivity index (χ2v) is 4.85. The molecule has 0 amide bonds. The first-order chi connectivity index (χ1) is 9.35. The van der Waals surface area contributed by atoms with Gasteiger partial charge >= 0.3 is 0 Å². The van der Waals surface area contributed by atoms with E-state index in [9.17, 15) is 0 Å². The van der Waals surface area contributed by atoms with Crippen LogP contribution in [0, 0.1) is 0 Å². The number of nitrogens with one attached hydrogen (secondary N) is 2. The molecule has 98 valence electrons. The average molecular weight is 254 g/mol. The zero-order valence-electron chi connectivity index (χ0n) is 11.1. The second kappa shape index (κ2) is 5.26. The smallest absolute Gasteiger partial charge is 0.135 e. The van der Waals surface area contributed by atoms with E-state index >= 15 is 0 Å². The number of aryl methyl sites for hydroxylation is 2. The lowest BCUT2D eigenvalue weighted by Gasteiger charge is -2.17. The number of rotatable bonds is 3. The highest BCUT2D eigenvalue weighted by atomic mass is 15.1. The molecule has 0 saturated carbocycles. The van der Waals surface area contributed by atoms with E-state index < -0.39 is 0 Å². The lowest BCUT2D eigenvalue weighted by atomic mass is 9.91. The highest BCUT2D eigenvalue weighted by Gasteiger charge is 2.09. The predicted octanol–water partition coefficient (Wildman–Crippen LogP) is 3.14. The minimum atomic E-state index is 0.815. The topological polar surface area (TPSA) is 49.8 Å². The Kier molecular flexibility index (Phi) is 3.31.